The third-order valence-corrected chi connectivity index (χ3v) is 11.9. The van der Waals surface area contributed by atoms with Gasteiger partial charge in [0.15, 0.2) is 23.3 Å². The number of hydrogen-bond donors (Lipinski definition) is 5. The highest BCUT2D eigenvalue weighted by Crippen LogP contribution is 2.29. The normalized spacial score (nSPS) is 12.6. The Morgan fingerprint density at radius 2 is 1.06 bits per heavy atom. The van der Waals surface area contributed by atoms with Crippen LogP contribution >= 0.6 is 12.4 Å². The summed E-state index contributed by atoms with van der Waals surface area (Å²) < 4.78 is 66.5. The molecule has 10 rings (SSSR count). The molecule has 3 amide bonds. The summed E-state index contributed by atoms with van der Waals surface area (Å²) in [6, 6.07) is 35.6. The molecule has 78 heavy (non-hydrogen) atoms. The summed E-state index contributed by atoms with van der Waals surface area (Å²) in [6.45, 7) is 0.276. The summed E-state index contributed by atoms with van der Waals surface area (Å²) in [4.78, 5) is 79.2. The fourth-order valence-corrected chi connectivity index (χ4v) is 7.99. The Balaban J connectivity index is 0.000000186. The summed E-state index contributed by atoms with van der Waals surface area (Å²) in [5, 5.41) is 17.2. The van der Waals surface area contributed by atoms with Gasteiger partial charge < -0.3 is 36.3 Å². The zero-order valence-corrected chi connectivity index (χ0v) is 41.7. The molecule has 22 heteroatoms. The highest BCUT2D eigenvalue weighted by molar-refractivity contribution is 6.00. The van der Waals surface area contributed by atoms with Crippen LogP contribution in [0.1, 0.15) is 66.2 Å². The van der Waals surface area contributed by atoms with Crippen LogP contribution < -0.4 is 42.3 Å². The van der Waals surface area contributed by atoms with Gasteiger partial charge in [0.25, 0.3) is 17.0 Å². The van der Waals surface area contributed by atoms with Crippen molar-refractivity contribution in [3.63, 3.8) is 0 Å². The van der Waals surface area contributed by atoms with Crippen LogP contribution in [0.25, 0.3) is 0 Å². The van der Waals surface area contributed by atoms with E-state index in [2.05, 4.69) is 25.9 Å². The van der Waals surface area contributed by atoms with Gasteiger partial charge in [-0.2, -0.15) is 0 Å². The SMILES string of the molecule is Cl.N[C@@H](COc1ccc2c(c1)CC(=O)N2)c1ccccc1.O=C(O)c1cncn(Cc2ccc(F)c(F)c2)c1=O.O=C1Cc2cc(OC[C@H](NC(=O)c3cncn(Cc4ccc(F)c(F)c4)c3=O)c3ccccc3)ccc2N1. The minimum Gasteiger partial charge on any atom is -0.492 e. The minimum atomic E-state index is -1.39. The summed E-state index contributed by atoms with van der Waals surface area (Å²) in [5.74, 6) is -4.89. The standard InChI is InChI=1S/C28H22F2N4O4.C16H16N2O2.C12H8F2N2O3.ClH/c29-22-8-6-17(10-23(22)30)14-34-16-31-13-21(28(34)37)27(36)33-25(18-4-2-1-3-5-18)15-38-20-7-9-24-19(11-20)12-26(35)32-24;17-14(11-4-2-1-3-5-11)10-20-13-6-7-15-12(8-13)9-16(19)18-15;13-9-2-1-7(3-10(9)14)5-16-6-15-4-8(11(16)17)12(18)19;/h1-11,13,16,25H,12,14-15H2,(H,32,35)(H,33,36);1-8,14H,9-10,17H2,(H,18,19);1-4,6H,5H2,(H,18,19);1H/t25-;14-;;/m00../s1. The maximum Gasteiger partial charge on any atom is 0.342 e. The summed E-state index contributed by atoms with van der Waals surface area (Å²) >= 11 is 0. The second kappa shape index (κ2) is 25.9. The van der Waals surface area contributed by atoms with E-state index in [-0.39, 0.29) is 61.9 Å². The molecule has 2 aliphatic rings. The van der Waals surface area contributed by atoms with Gasteiger partial charge in [0.1, 0.15) is 35.8 Å². The van der Waals surface area contributed by atoms with Crippen LogP contribution in [0, 0.1) is 23.3 Å². The molecule has 0 aliphatic carbocycles. The van der Waals surface area contributed by atoms with Crippen LogP contribution in [0.3, 0.4) is 0 Å². The van der Waals surface area contributed by atoms with Crippen molar-refractivity contribution in [1.82, 2.24) is 24.4 Å². The lowest BCUT2D eigenvalue weighted by molar-refractivity contribution is -0.115. The van der Waals surface area contributed by atoms with Crippen LogP contribution in [-0.4, -0.2) is 61.1 Å². The molecule has 2 atom stereocenters. The second-order valence-electron chi connectivity index (χ2n) is 17.4. The molecule has 400 valence electrons. The fourth-order valence-electron chi connectivity index (χ4n) is 7.99. The number of fused-ring (bicyclic) bond motifs is 2. The van der Waals surface area contributed by atoms with Gasteiger partial charge in [0.2, 0.25) is 11.8 Å². The number of carbonyl (C=O) groups excluding carboxylic acids is 3. The summed E-state index contributed by atoms with van der Waals surface area (Å²) in [5.41, 5.74) is 9.88. The molecule has 0 bridgehead atoms. The van der Waals surface area contributed by atoms with Crippen molar-refractivity contribution >= 4 is 47.5 Å². The van der Waals surface area contributed by atoms with E-state index in [0.717, 1.165) is 91.5 Å². The Hall–Kier alpha value is -9.47. The van der Waals surface area contributed by atoms with Crippen LogP contribution in [-0.2, 0) is 35.5 Å². The number of carboxylic acid groups (broad SMARTS) is 1. The number of hydrogen-bond acceptors (Lipinski definition) is 11. The smallest absolute Gasteiger partial charge is 0.342 e. The van der Waals surface area contributed by atoms with Gasteiger partial charge in [0, 0.05) is 23.8 Å². The molecular formula is C56H47ClF4N8O9. The highest BCUT2D eigenvalue weighted by atomic mass is 35.5. The first-order chi connectivity index (χ1) is 37.1. The lowest BCUT2D eigenvalue weighted by Crippen LogP contribution is -2.37. The third-order valence-electron chi connectivity index (χ3n) is 11.9. The molecule has 8 aromatic rings. The Kier molecular flexibility index (Phi) is 18.6. The Morgan fingerprint density at radius 1 is 0.603 bits per heavy atom. The van der Waals surface area contributed by atoms with Gasteiger partial charge in [-0.25, -0.2) is 32.3 Å². The maximum absolute atomic E-state index is 13.6. The predicted molar refractivity (Wildman–Crippen MR) is 281 cm³/mol. The molecule has 0 saturated heterocycles. The average Bonchev–Trinajstić information content (AvgIpc) is 4.00. The first-order valence-electron chi connectivity index (χ1n) is 23.6. The Labute approximate surface area is 447 Å². The average molecular weight is 1090 g/mol. The van der Waals surface area contributed by atoms with Crippen molar-refractivity contribution in [2.45, 2.75) is 38.0 Å². The van der Waals surface area contributed by atoms with E-state index >= 15 is 0 Å². The number of carboxylic acids is 1. The summed E-state index contributed by atoms with van der Waals surface area (Å²) in [7, 11) is 0. The lowest BCUT2D eigenvalue weighted by atomic mass is 10.1. The van der Waals surface area contributed by atoms with Crippen LogP contribution in [0.5, 0.6) is 11.5 Å². The van der Waals surface area contributed by atoms with Crippen LogP contribution in [0.15, 0.2) is 168 Å². The Morgan fingerprint density at radius 3 is 1.55 bits per heavy atom. The molecule has 0 saturated carbocycles. The molecule has 6 aromatic carbocycles. The van der Waals surface area contributed by atoms with E-state index < -0.39 is 57.9 Å². The number of ether oxygens (including phenoxy) is 2. The third kappa shape index (κ3) is 14.5. The van der Waals surface area contributed by atoms with Gasteiger partial charge in [-0.3, -0.25) is 33.1 Å². The number of carbonyl (C=O) groups is 4. The number of nitrogens with two attached hydrogens (primary N) is 1. The topological polar surface area (TPSA) is 239 Å². The monoisotopic (exact) mass is 1090 g/mol. The quantitative estimate of drug-likeness (QED) is 0.0625. The van der Waals surface area contributed by atoms with Crippen molar-refractivity contribution in [2.24, 2.45) is 5.73 Å². The molecule has 17 nitrogen and oxygen atoms in total. The lowest BCUT2D eigenvalue weighted by Gasteiger charge is -2.20. The molecule has 0 fully saturated rings. The molecule has 4 heterocycles. The highest BCUT2D eigenvalue weighted by Gasteiger charge is 2.23. The molecule has 2 aromatic heterocycles. The number of rotatable bonds is 15. The first kappa shape index (κ1) is 56.3. The number of nitrogens with one attached hydrogen (secondary N) is 3. The molecule has 2 aliphatic heterocycles. The molecular weight excluding hydrogens is 1040 g/mol. The van der Waals surface area contributed by atoms with Crippen molar-refractivity contribution in [3.05, 3.63) is 247 Å². The number of benzene rings is 6. The zero-order valence-electron chi connectivity index (χ0n) is 40.9. The van der Waals surface area contributed by atoms with E-state index in [1.54, 1.807) is 18.2 Å². The van der Waals surface area contributed by atoms with Crippen LogP contribution in [0.4, 0.5) is 28.9 Å². The Bertz CT molecular complexity index is 3610. The minimum absolute atomic E-state index is 0. The zero-order chi connectivity index (χ0) is 54.6. The second-order valence-corrected chi connectivity index (χ2v) is 17.4. The van der Waals surface area contributed by atoms with Crippen LogP contribution in [0.2, 0.25) is 0 Å². The molecule has 0 radical (unpaired) electrons. The maximum atomic E-state index is 13.6. The molecule has 6 N–H and O–H groups in total. The molecule has 0 unspecified atom stereocenters. The van der Waals surface area contributed by atoms with Gasteiger partial charge >= 0.3 is 5.97 Å². The summed E-state index contributed by atoms with van der Waals surface area (Å²) in [6.07, 6.45) is 5.14. The number of amides is 3. The predicted octanol–water partition coefficient (Wildman–Crippen LogP) is 7.56. The van der Waals surface area contributed by atoms with E-state index in [1.165, 1.54) is 18.5 Å². The van der Waals surface area contributed by atoms with E-state index in [1.807, 2.05) is 78.9 Å². The molecule has 0 spiro atoms. The first-order valence-corrected chi connectivity index (χ1v) is 23.6. The number of nitrogens with zero attached hydrogens (tertiary/aromatic N) is 4. The fraction of sp³-hybridized carbons (Fsp3) is 0.143. The van der Waals surface area contributed by atoms with Gasteiger partial charge in [-0.1, -0.05) is 72.8 Å². The van der Waals surface area contributed by atoms with Gasteiger partial charge in [-0.05, 0) is 94.0 Å². The van der Waals surface area contributed by atoms with Gasteiger partial charge in [-0.15, -0.1) is 12.4 Å². The number of aromatic carboxylic acids is 1. The van der Waals surface area contributed by atoms with Crippen molar-refractivity contribution in [2.75, 3.05) is 23.8 Å². The van der Waals surface area contributed by atoms with Crippen molar-refractivity contribution < 1.29 is 51.3 Å². The van der Waals surface area contributed by atoms with Crippen molar-refractivity contribution in [3.8, 4) is 11.5 Å². The largest absolute Gasteiger partial charge is 0.492 e. The van der Waals surface area contributed by atoms with Crippen molar-refractivity contribution in [1.29, 1.82) is 0 Å². The van der Waals surface area contributed by atoms with E-state index in [4.69, 9.17) is 20.3 Å². The van der Waals surface area contributed by atoms with E-state index in [0.29, 0.717) is 29.9 Å². The van der Waals surface area contributed by atoms with E-state index in [9.17, 15) is 46.3 Å². The number of halogens is 5. The number of anilines is 2. The van der Waals surface area contributed by atoms with Gasteiger partial charge in [0.05, 0.1) is 50.7 Å². The number of aromatic nitrogens is 4.